The van der Waals surface area contributed by atoms with E-state index < -0.39 is 14.8 Å². The van der Waals surface area contributed by atoms with Crippen molar-refractivity contribution in [1.82, 2.24) is 9.62 Å². The molecule has 0 aromatic rings. The Labute approximate surface area is 104 Å². The number of rotatable bonds is 7. The van der Waals surface area contributed by atoms with E-state index >= 15 is 0 Å². The lowest BCUT2D eigenvalue weighted by molar-refractivity contribution is -0.132. The van der Waals surface area contributed by atoms with Crippen LogP contribution >= 0.6 is 0 Å². The molecule has 0 radical (unpaired) electrons. The lowest BCUT2D eigenvalue weighted by Crippen LogP contribution is -2.68. The van der Waals surface area contributed by atoms with Crippen molar-refractivity contribution < 1.29 is 13.2 Å². The van der Waals surface area contributed by atoms with Crippen LogP contribution in [0.15, 0.2) is 0 Å². The number of nitrogens with zero attached hydrogens (tertiary/aromatic N) is 1. The Kier molecular flexibility index (Phi) is 4.55. The van der Waals surface area contributed by atoms with Crippen molar-refractivity contribution in [3.63, 3.8) is 0 Å². The molecule has 0 bridgehead atoms. The Morgan fingerprint density at radius 1 is 1.24 bits per heavy atom. The van der Waals surface area contributed by atoms with Crippen LogP contribution in [0.4, 0.5) is 0 Å². The monoisotopic (exact) mass is 262 g/mol. The fourth-order valence-corrected chi connectivity index (χ4v) is 3.31. The van der Waals surface area contributed by atoms with Gasteiger partial charge in [-0.25, -0.2) is 12.7 Å². The molecule has 17 heavy (non-hydrogen) atoms. The largest absolute Gasteiger partial charge is 0.315 e. The van der Waals surface area contributed by atoms with Gasteiger partial charge in [0.1, 0.15) is 0 Å². The molecule has 0 aromatic heterocycles. The van der Waals surface area contributed by atoms with Crippen molar-refractivity contribution in [2.75, 3.05) is 19.6 Å². The van der Waals surface area contributed by atoms with Gasteiger partial charge in [-0.05, 0) is 26.8 Å². The van der Waals surface area contributed by atoms with E-state index in [-0.39, 0.29) is 12.5 Å². The summed E-state index contributed by atoms with van der Waals surface area (Å²) < 4.78 is 23.2. The number of amides is 1. The van der Waals surface area contributed by atoms with Crippen LogP contribution in [0.3, 0.4) is 0 Å². The molecule has 0 aromatic carbocycles. The van der Waals surface area contributed by atoms with E-state index in [4.69, 9.17) is 0 Å². The zero-order chi connectivity index (χ0) is 13.1. The van der Waals surface area contributed by atoms with Crippen molar-refractivity contribution in [3.8, 4) is 0 Å². The zero-order valence-corrected chi connectivity index (χ0v) is 11.6. The predicted octanol–water partition coefficient (Wildman–Crippen LogP) is 0.717. The molecule has 100 valence electrons. The molecule has 1 N–H and O–H groups in total. The minimum absolute atomic E-state index is 0.247. The van der Waals surface area contributed by atoms with Crippen LogP contribution in [-0.2, 0) is 14.8 Å². The van der Waals surface area contributed by atoms with Crippen LogP contribution in [0.1, 0.15) is 40.0 Å². The maximum Gasteiger partial charge on any atom is 0.258 e. The van der Waals surface area contributed by atoms with Crippen molar-refractivity contribution >= 4 is 15.9 Å². The number of sulfonamides is 1. The van der Waals surface area contributed by atoms with Gasteiger partial charge in [0.2, 0.25) is 0 Å². The van der Waals surface area contributed by atoms with Crippen molar-refractivity contribution in [2.45, 2.75) is 44.8 Å². The van der Waals surface area contributed by atoms with E-state index in [1.807, 2.05) is 0 Å². The summed E-state index contributed by atoms with van der Waals surface area (Å²) in [6.07, 6.45) is 3.42. The Balaban J connectivity index is 2.28. The van der Waals surface area contributed by atoms with Crippen LogP contribution in [0.5, 0.6) is 0 Å². The summed E-state index contributed by atoms with van der Waals surface area (Å²) >= 11 is 0. The van der Waals surface area contributed by atoms with E-state index in [1.54, 1.807) is 0 Å². The van der Waals surface area contributed by atoms with Crippen LogP contribution in [0, 0.1) is 0 Å². The van der Waals surface area contributed by atoms with Gasteiger partial charge < -0.3 is 5.32 Å². The van der Waals surface area contributed by atoms with Gasteiger partial charge in [-0.2, -0.15) is 0 Å². The first-order valence-electron chi connectivity index (χ1n) is 6.13. The second-order valence-corrected chi connectivity index (χ2v) is 7.26. The van der Waals surface area contributed by atoms with Gasteiger partial charge in [0.05, 0.1) is 0 Å². The minimum Gasteiger partial charge on any atom is -0.315 e. The van der Waals surface area contributed by atoms with E-state index in [9.17, 15) is 13.2 Å². The summed E-state index contributed by atoms with van der Waals surface area (Å²) in [5.74, 6) is -0.298. The second-order valence-electron chi connectivity index (χ2n) is 4.85. The molecule has 1 amide bonds. The summed E-state index contributed by atoms with van der Waals surface area (Å²) in [7, 11) is -3.40. The number of carbonyl (C=O) groups is 1. The normalized spacial score (nSPS) is 21.4. The molecular weight excluding hydrogens is 240 g/mol. The molecule has 0 unspecified atom stereocenters. The molecule has 6 heteroatoms. The van der Waals surface area contributed by atoms with Gasteiger partial charge in [0.15, 0.2) is 4.75 Å². The summed E-state index contributed by atoms with van der Waals surface area (Å²) in [5.41, 5.74) is 0. The number of hydrogen-bond acceptors (Lipinski definition) is 4. The SMILES string of the molecule is CCCCCNCCN1C(=O)C(C)(C)S1(=O)=O. The van der Waals surface area contributed by atoms with Gasteiger partial charge in [0, 0.05) is 13.1 Å². The number of hydrogen-bond donors (Lipinski definition) is 1. The maximum atomic E-state index is 11.7. The van der Waals surface area contributed by atoms with Crippen LogP contribution in [0.25, 0.3) is 0 Å². The van der Waals surface area contributed by atoms with Crippen molar-refractivity contribution in [2.24, 2.45) is 0 Å². The molecule has 1 aliphatic rings. The number of nitrogens with one attached hydrogen (secondary N) is 1. The molecule has 1 heterocycles. The summed E-state index contributed by atoms with van der Waals surface area (Å²) in [6, 6.07) is 0. The smallest absolute Gasteiger partial charge is 0.258 e. The van der Waals surface area contributed by atoms with Crippen molar-refractivity contribution in [3.05, 3.63) is 0 Å². The third kappa shape index (κ3) is 2.63. The molecule has 0 saturated carbocycles. The fourth-order valence-electron chi connectivity index (χ4n) is 1.78. The number of carbonyl (C=O) groups excluding carboxylic acids is 1. The molecule has 0 aliphatic carbocycles. The third-order valence-corrected chi connectivity index (χ3v) is 5.52. The Bertz CT molecular complexity index is 376. The van der Waals surface area contributed by atoms with Crippen LogP contribution in [-0.4, -0.2) is 43.0 Å². The molecule has 1 aliphatic heterocycles. The fraction of sp³-hybridized carbons (Fsp3) is 0.909. The summed E-state index contributed by atoms with van der Waals surface area (Å²) in [6.45, 7) is 6.69. The Morgan fingerprint density at radius 3 is 2.41 bits per heavy atom. The van der Waals surface area contributed by atoms with Crippen LogP contribution < -0.4 is 5.32 Å². The first kappa shape index (κ1) is 14.4. The topological polar surface area (TPSA) is 66.5 Å². The van der Waals surface area contributed by atoms with E-state index in [2.05, 4.69) is 12.2 Å². The molecule has 1 fully saturated rings. The molecule has 0 atom stereocenters. The highest BCUT2D eigenvalue weighted by atomic mass is 32.2. The van der Waals surface area contributed by atoms with E-state index in [0.29, 0.717) is 6.54 Å². The highest BCUT2D eigenvalue weighted by Crippen LogP contribution is 2.34. The molecule has 1 rings (SSSR count). The van der Waals surface area contributed by atoms with Gasteiger partial charge >= 0.3 is 0 Å². The molecule has 0 spiro atoms. The maximum absolute atomic E-state index is 11.7. The Hall–Kier alpha value is -0.620. The van der Waals surface area contributed by atoms with Gasteiger partial charge in [-0.1, -0.05) is 19.8 Å². The first-order valence-corrected chi connectivity index (χ1v) is 7.57. The second kappa shape index (κ2) is 5.35. The lowest BCUT2D eigenvalue weighted by Gasteiger charge is -2.43. The van der Waals surface area contributed by atoms with Gasteiger partial charge in [-0.15, -0.1) is 0 Å². The molecular formula is C11H22N2O3S. The summed E-state index contributed by atoms with van der Waals surface area (Å²) in [5, 5.41) is 3.15. The van der Waals surface area contributed by atoms with Gasteiger partial charge in [0.25, 0.3) is 15.9 Å². The standard InChI is InChI=1S/C11H22N2O3S/c1-4-5-6-7-12-8-9-13-10(14)11(2,3)17(13,15)16/h12H,4-9H2,1-3H3. The molecule has 1 saturated heterocycles. The lowest BCUT2D eigenvalue weighted by atomic mass is 10.2. The number of unbranched alkanes of at least 4 members (excludes halogenated alkanes) is 2. The average Bonchev–Trinajstić information content (AvgIpc) is 2.26. The van der Waals surface area contributed by atoms with Crippen molar-refractivity contribution in [1.29, 1.82) is 0 Å². The van der Waals surface area contributed by atoms with E-state index in [1.165, 1.54) is 20.3 Å². The third-order valence-electron chi connectivity index (χ3n) is 3.13. The highest BCUT2D eigenvalue weighted by molar-refractivity contribution is 7.94. The average molecular weight is 262 g/mol. The summed E-state index contributed by atoms with van der Waals surface area (Å²) in [4.78, 5) is 11.6. The van der Waals surface area contributed by atoms with Gasteiger partial charge in [-0.3, -0.25) is 4.79 Å². The Morgan fingerprint density at radius 2 is 1.88 bits per heavy atom. The highest BCUT2D eigenvalue weighted by Gasteiger charge is 2.59. The minimum atomic E-state index is -3.40. The first-order chi connectivity index (χ1) is 7.85. The van der Waals surface area contributed by atoms with E-state index in [0.717, 1.165) is 23.7 Å². The molecule has 5 nitrogen and oxygen atoms in total. The quantitative estimate of drug-likeness (QED) is 0.686. The van der Waals surface area contributed by atoms with Crippen LogP contribution in [0.2, 0.25) is 0 Å². The predicted molar refractivity (Wildman–Crippen MR) is 67.1 cm³/mol. The zero-order valence-electron chi connectivity index (χ0n) is 10.8.